The average molecular weight is 273 g/mol. The molecule has 0 radical (unpaired) electrons. The Balaban J connectivity index is 3.15. The average Bonchev–Trinajstić information content (AvgIpc) is 2.41. The molecule has 1 N–H and O–H groups in total. The van der Waals surface area contributed by atoms with Gasteiger partial charge in [0.1, 0.15) is 5.54 Å². The molecule has 19 heavy (non-hydrogen) atoms. The summed E-state index contributed by atoms with van der Waals surface area (Å²) < 4.78 is 36.7. The van der Waals surface area contributed by atoms with Crippen molar-refractivity contribution in [3.63, 3.8) is 0 Å². The van der Waals surface area contributed by atoms with Gasteiger partial charge < -0.3 is 9.47 Å². The van der Waals surface area contributed by atoms with Crippen LogP contribution in [0.25, 0.3) is 0 Å². The van der Waals surface area contributed by atoms with Gasteiger partial charge in [0.15, 0.2) is 11.6 Å². The van der Waals surface area contributed by atoms with Gasteiger partial charge in [0.2, 0.25) is 0 Å². The van der Waals surface area contributed by atoms with Crippen molar-refractivity contribution in [1.82, 2.24) is 5.32 Å². The molecule has 1 rings (SSSR count). The van der Waals surface area contributed by atoms with Crippen molar-refractivity contribution in [3.8, 4) is 0 Å². The van der Waals surface area contributed by atoms with E-state index in [9.17, 15) is 13.6 Å². The Morgan fingerprint density at radius 2 is 2.05 bits per heavy atom. The molecule has 1 aromatic carbocycles. The van der Waals surface area contributed by atoms with Crippen LogP contribution in [-0.2, 0) is 19.8 Å². The minimum absolute atomic E-state index is 0.101. The molecule has 106 valence electrons. The summed E-state index contributed by atoms with van der Waals surface area (Å²) in [5.74, 6) is -2.78. The highest BCUT2D eigenvalue weighted by molar-refractivity contribution is 5.82. The van der Waals surface area contributed by atoms with E-state index in [-0.39, 0.29) is 12.1 Å². The molecule has 0 fully saturated rings. The van der Waals surface area contributed by atoms with Crippen LogP contribution in [0, 0.1) is 11.6 Å². The van der Waals surface area contributed by atoms with E-state index in [2.05, 4.69) is 10.1 Å². The second kappa shape index (κ2) is 6.58. The Morgan fingerprint density at radius 3 is 2.63 bits per heavy atom. The predicted octanol–water partition coefficient (Wildman–Crippen LogP) is 1.59. The van der Waals surface area contributed by atoms with Crippen LogP contribution in [0.15, 0.2) is 18.2 Å². The number of nitrogens with one attached hydrogen (secondary N) is 1. The molecule has 0 saturated carbocycles. The molecule has 0 aliphatic rings. The molecular formula is C13H17F2NO3. The largest absolute Gasteiger partial charge is 0.467 e. The number of ether oxygens (including phenoxy) is 2. The van der Waals surface area contributed by atoms with Crippen molar-refractivity contribution < 1.29 is 23.0 Å². The van der Waals surface area contributed by atoms with E-state index < -0.39 is 23.1 Å². The third-order valence-corrected chi connectivity index (χ3v) is 2.87. The van der Waals surface area contributed by atoms with Crippen LogP contribution in [0.1, 0.15) is 12.5 Å². The number of hydrogen-bond donors (Lipinski definition) is 1. The minimum Gasteiger partial charge on any atom is -0.467 e. The topological polar surface area (TPSA) is 47.6 Å². The summed E-state index contributed by atoms with van der Waals surface area (Å²) in [4.78, 5) is 11.9. The van der Waals surface area contributed by atoms with Crippen LogP contribution in [0.2, 0.25) is 0 Å². The number of hydrogen-bond acceptors (Lipinski definition) is 4. The summed E-state index contributed by atoms with van der Waals surface area (Å²) in [5, 5.41) is 2.83. The molecule has 0 aliphatic carbocycles. The number of carbonyl (C=O) groups is 1. The van der Waals surface area contributed by atoms with Crippen LogP contribution in [0.4, 0.5) is 8.78 Å². The maximum absolute atomic E-state index is 13.8. The zero-order valence-corrected chi connectivity index (χ0v) is 11.1. The molecule has 1 aromatic rings. The summed E-state index contributed by atoms with van der Waals surface area (Å²) in [6.07, 6.45) is 0. The fraction of sp³-hybridized carbons (Fsp3) is 0.462. The van der Waals surface area contributed by atoms with Crippen LogP contribution < -0.4 is 5.32 Å². The predicted molar refractivity (Wildman–Crippen MR) is 65.6 cm³/mol. The van der Waals surface area contributed by atoms with E-state index in [1.54, 1.807) is 0 Å². The Hall–Kier alpha value is -1.53. The van der Waals surface area contributed by atoms with Gasteiger partial charge in [-0.2, -0.15) is 0 Å². The SMILES string of the molecule is COCCNC(C)(C(=O)OC)c1cccc(F)c1F. The van der Waals surface area contributed by atoms with Crippen molar-refractivity contribution in [2.45, 2.75) is 12.5 Å². The number of halogens is 2. The maximum atomic E-state index is 13.8. The fourth-order valence-electron chi connectivity index (χ4n) is 1.77. The molecular weight excluding hydrogens is 256 g/mol. The second-order valence-electron chi connectivity index (χ2n) is 4.14. The highest BCUT2D eigenvalue weighted by atomic mass is 19.2. The molecule has 0 heterocycles. The number of esters is 1. The lowest BCUT2D eigenvalue weighted by atomic mass is 9.91. The van der Waals surface area contributed by atoms with Crippen molar-refractivity contribution in [2.24, 2.45) is 0 Å². The molecule has 6 heteroatoms. The van der Waals surface area contributed by atoms with E-state index >= 15 is 0 Å². The molecule has 0 amide bonds. The van der Waals surface area contributed by atoms with Gasteiger partial charge in [-0.15, -0.1) is 0 Å². The number of rotatable bonds is 6. The van der Waals surface area contributed by atoms with Crippen molar-refractivity contribution >= 4 is 5.97 Å². The van der Waals surface area contributed by atoms with Crippen molar-refractivity contribution in [3.05, 3.63) is 35.4 Å². The summed E-state index contributed by atoms with van der Waals surface area (Å²) in [6, 6.07) is 3.67. The van der Waals surface area contributed by atoms with E-state index in [0.29, 0.717) is 6.61 Å². The normalized spacial score (nSPS) is 13.9. The zero-order valence-electron chi connectivity index (χ0n) is 11.1. The third-order valence-electron chi connectivity index (χ3n) is 2.87. The first-order valence-corrected chi connectivity index (χ1v) is 5.74. The van der Waals surface area contributed by atoms with Crippen LogP contribution in [0.3, 0.4) is 0 Å². The van der Waals surface area contributed by atoms with Gasteiger partial charge >= 0.3 is 5.97 Å². The van der Waals surface area contributed by atoms with Gasteiger partial charge in [0.05, 0.1) is 13.7 Å². The first-order chi connectivity index (χ1) is 8.97. The quantitative estimate of drug-likeness (QED) is 0.631. The lowest BCUT2D eigenvalue weighted by molar-refractivity contribution is -0.148. The summed E-state index contributed by atoms with van der Waals surface area (Å²) in [5.41, 5.74) is -1.57. The standard InChI is InChI=1S/C13H17F2NO3/c1-13(12(17)19-3,16-7-8-18-2)9-5-4-6-10(14)11(9)15/h4-6,16H,7-8H2,1-3H3. The lowest BCUT2D eigenvalue weighted by Gasteiger charge is -2.28. The van der Waals surface area contributed by atoms with Crippen molar-refractivity contribution in [1.29, 1.82) is 0 Å². The van der Waals surface area contributed by atoms with Gasteiger partial charge in [-0.25, -0.2) is 13.6 Å². The van der Waals surface area contributed by atoms with E-state index in [1.165, 1.54) is 33.3 Å². The number of methoxy groups -OCH3 is 2. The monoisotopic (exact) mass is 273 g/mol. The van der Waals surface area contributed by atoms with Gasteiger partial charge in [-0.1, -0.05) is 12.1 Å². The first-order valence-electron chi connectivity index (χ1n) is 5.74. The Labute approximate surface area is 110 Å². The maximum Gasteiger partial charge on any atom is 0.330 e. The number of benzene rings is 1. The van der Waals surface area contributed by atoms with Gasteiger partial charge in [-0.05, 0) is 13.0 Å². The van der Waals surface area contributed by atoms with Gasteiger partial charge in [0.25, 0.3) is 0 Å². The number of carbonyl (C=O) groups excluding carboxylic acids is 1. The Kier molecular flexibility index (Phi) is 5.38. The van der Waals surface area contributed by atoms with E-state index in [0.717, 1.165) is 6.07 Å². The molecule has 0 aliphatic heterocycles. The molecule has 1 atom stereocenters. The summed E-state index contributed by atoms with van der Waals surface area (Å²) in [7, 11) is 2.69. The van der Waals surface area contributed by atoms with E-state index in [4.69, 9.17) is 4.74 Å². The molecule has 0 spiro atoms. The van der Waals surface area contributed by atoms with Gasteiger partial charge in [0, 0.05) is 19.2 Å². The summed E-state index contributed by atoms with van der Waals surface area (Å²) >= 11 is 0. The smallest absolute Gasteiger partial charge is 0.330 e. The first kappa shape index (κ1) is 15.5. The molecule has 1 unspecified atom stereocenters. The fourth-order valence-corrected chi connectivity index (χ4v) is 1.77. The van der Waals surface area contributed by atoms with E-state index in [1.807, 2.05) is 0 Å². The Morgan fingerprint density at radius 1 is 1.37 bits per heavy atom. The highest BCUT2D eigenvalue weighted by Gasteiger charge is 2.38. The molecule has 0 saturated heterocycles. The minimum atomic E-state index is -1.47. The van der Waals surface area contributed by atoms with Crippen molar-refractivity contribution in [2.75, 3.05) is 27.4 Å². The lowest BCUT2D eigenvalue weighted by Crippen LogP contribution is -2.49. The zero-order chi connectivity index (χ0) is 14.5. The van der Waals surface area contributed by atoms with Crippen LogP contribution in [-0.4, -0.2) is 33.3 Å². The Bertz CT molecular complexity index is 454. The molecule has 0 aromatic heterocycles. The van der Waals surface area contributed by atoms with Crippen LogP contribution >= 0.6 is 0 Å². The molecule has 0 bridgehead atoms. The third kappa shape index (κ3) is 3.27. The highest BCUT2D eigenvalue weighted by Crippen LogP contribution is 2.26. The summed E-state index contributed by atoms with van der Waals surface area (Å²) in [6.45, 7) is 2.05. The van der Waals surface area contributed by atoms with Gasteiger partial charge in [-0.3, -0.25) is 5.32 Å². The second-order valence-corrected chi connectivity index (χ2v) is 4.14. The molecule has 4 nitrogen and oxygen atoms in total. The van der Waals surface area contributed by atoms with Crippen LogP contribution in [0.5, 0.6) is 0 Å².